The normalized spacial score (nSPS) is 10.1. The lowest BCUT2D eigenvalue weighted by atomic mass is 10.1. The van der Waals surface area contributed by atoms with Gasteiger partial charge in [0.1, 0.15) is 0 Å². The lowest BCUT2D eigenvalue weighted by molar-refractivity contribution is 0.0944. The SMILES string of the molecule is CCCCc1ccc(NC(=S)NNC(=O)c2cccc(Br)c2)cc1. The highest BCUT2D eigenvalue weighted by atomic mass is 79.9. The summed E-state index contributed by atoms with van der Waals surface area (Å²) in [6, 6.07) is 15.3. The van der Waals surface area contributed by atoms with Gasteiger partial charge in [0, 0.05) is 15.7 Å². The molecule has 6 heteroatoms. The molecule has 0 unspecified atom stereocenters. The van der Waals surface area contributed by atoms with Crippen molar-refractivity contribution in [1.82, 2.24) is 10.9 Å². The topological polar surface area (TPSA) is 53.2 Å². The van der Waals surface area contributed by atoms with Gasteiger partial charge in [-0.15, -0.1) is 0 Å². The molecule has 126 valence electrons. The maximum absolute atomic E-state index is 12.0. The van der Waals surface area contributed by atoms with E-state index in [-0.39, 0.29) is 5.91 Å². The van der Waals surface area contributed by atoms with Gasteiger partial charge in [-0.2, -0.15) is 0 Å². The summed E-state index contributed by atoms with van der Waals surface area (Å²) >= 11 is 8.52. The molecule has 2 aromatic rings. The molecule has 0 aliphatic rings. The van der Waals surface area contributed by atoms with E-state index in [2.05, 4.69) is 51.2 Å². The maximum Gasteiger partial charge on any atom is 0.269 e. The monoisotopic (exact) mass is 405 g/mol. The Bertz CT molecular complexity index is 704. The van der Waals surface area contributed by atoms with Crippen molar-refractivity contribution in [2.45, 2.75) is 26.2 Å². The standard InChI is InChI=1S/C18H20BrN3OS/c1-2-3-5-13-8-10-16(11-9-13)20-18(24)22-21-17(23)14-6-4-7-15(19)12-14/h4,6-12H,2-3,5H2,1H3,(H,21,23)(H2,20,22,24). The van der Waals surface area contributed by atoms with E-state index in [4.69, 9.17) is 12.2 Å². The number of aryl methyl sites for hydroxylation is 1. The van der Waals surface area contributed by atoms with Gasteiger partial charge in [-0.1, -0.05) is 47.5 Å². The van der Waals surface area contributed by atoms with Crippen LogP contribution in [0, 0.1) is 0 Å². The van der Waals surface area contributed by atoms with Gasteiger partial charge in [0.2, 0.25) is 0 Å². The molecule has 0 bridgehead atoms. The molecule has 0 heterocycles. The molecule has 1 amide bonds. The predicted molar refractivity (Wildman–Crippen MR) is 106 cm³/mol. The van der Waals surface area contributed by atoms with Crippen LogP contribution >= 0.6 is 28.1 Å². The second-order valence-corrected chi connectivity index (χ2v) is 6.67. The number of thiocarbonyl (C=S) groups is 1. The molecule has 0 aromatic heterocycles. The second kappa shape index (κ2) is 9.39. The molecule has 0 aliphatic carbocycles. The highest BCUT2D eigenvalue weighted by Crippen LogP contribution is 2.12. The summed E-state index contributed by atoms with van der Waals surface area (Å²) in [7, 11) is 0. The van der Waals surface area contributed by atoms with E-state index in [0.29, 0.717) is 10.7 Å². The Balaban J connectivity index is 1.81. The fourth-order valence-electron chi connectivity index (χ4n) is 2.11. The molecule has 2 rings (SSSR count). The Morgan fingerprint density at radius 1 is 1.12 bits per heavy atom. The summed E-state index contributed by atoms with van der Waals surface area (Å²) in [6.07, 6.45) is 3.46. The molecule has 0 saturated heterocycles. The van der Waals surface area contributed by atoms with Gasteiger partial charge in [-0.25, -0.2) is 0 Å². The molecule has 3 N–H and O–H groups in total. The minimum Gasteiger partial charge on any atom is -0.331 e. The smallest absolute Gasteiger partial charge is 0.269 e. The molecule has 4 nitrogen and oxygen atoms in total. The molecule has 2 aromatic carbocycles. The first-order valence-corrected chi connectivity index (χ1v) is 9.00. The first-order chi connectivity index (χ1) is 11.6. The van der Waals surface area contributed by atoms with Crippen molar-refractivity contribution in [3.8, 4) is 0 Å². The van der Waals surface area contributed by atoms with Gasteiger partial charge in [0.05, 0.1) is 0 Å². The van der Waals surface area contributed by atoms with Gasteiger partial charge in [0.25, 0.3) is 5.91 Å². The first kappa shape index (κ1) is 18.4. The van der Waals surface area contributed by atoms with Gasteiger partial charge < -0.3 is 5.32 Å². The van der Waals surface area contributed by atoms with Gasteiger partial charge in [0.15, 0.2) is 5.11 Å². The van der Waals surface area contributed by atoms with Gasteiger partial charge in [-0.05, 0) is 61.0 Å². The van der Waals surface area contributed by atoms with E-state index in [9.17, 15) is 4.79 Å². The quantitative estimate of drug-likeness (QED) is 0.508. The number of anilines is 1. The number of hydrazine groups is 1. The van der Waals surface area contributed by atoms with Crippen LogP contribution in [0.5, 0.6) is 0 Å². The van der Waals surface area contributed by atoms with E-state index in [1.807, 2.05) is 18.2 Å². The Kier molecular flexibility index (Phi) is 7.21. The van der Waals surface area contributed by atoms with E-state index >= 15 is 0 Å². The molecular weight excluding hydrogens is 386 g/mol. The largest absolute Gasteiger partial charge is 0.331 e. The van der Waals surface area contributed by atoms with Crippen molar-refractivity contribution < 1.29 is 4.79 Å². The van der Waals surface area contributed by atoms with Crippen molar-refractivity contribution in [3.63, 3.8) is 0 Å². The zero-order valence-electron chi connectivity index (χ0n) is 13.4. The number of benzene rings is 2. The lowest BCUT2D eigenvalue weighted by Gasteiger charge is -2.12. The number of carbonyl (C=O) groups is 1. The third-order valence-corrected chi connectivity index (χ3v) is 4.10. The van der Waals surface area contributed by atoms with E-state index in [1.54, 1.807) is 18.2 Å². The van der Waals surface area contributed by atoms with Crippen LogP contribution in [0.1, 0.15) is 35.7 Å². The number of unbranched alkanes of at least 4 members (excludes halogenated alkanes) is 1. The van der Waals surface area contributed by atoms with Crippen molar-refractivity contribution >= 4 is 44.9 Å². The fourth-order valence-corrected chi connectivity index (χ4v) is 2.68. The molecule has 0 saturated carbocycles. The third-order valence-electron chi connectivity index (χ3n) is 3.41. The van der Waals surface area contributed by atoms with Crippen LogP contribution in [0.15, 0.2) is 53.0 Å². The molecule has 0 radical (unpaired) electrons. The number of carbonyl (C=O) groups excluding carboxylic acids is 1. The molecule has 0 aliphatic heterocycles. The number of nitrogens with one attached hydrogen (secondary N) is 3. The van der Waals surface area contributed by atoms with Crippen LogP contribution in [0.25, 0.3) is 0 Å². The van der Waals surface area contributed by atoms with Crippen molar-refractivity contribution in [1.29, 1.82) is 0 Å². The Labute approximate surface area is 156 Å². The molecule has 0 spiro atoms. The summed E-state index contributed by atoms with van der Waals surface area (Å²) in [5.74, 6) is -0.254. The van der Waals surface area contributed by atoms with E-state index in [0.717, 1.165) is 16.6 Å². The molecular formula is C18H20BrN3OS. The van der Waals surface area contributed by atoms with Crippen LogP contribution in [0.2, 0.25) is 0 Å². The van der Waals surface area contributed by atoms with Crippen LogP contribution in [0.3, 0.4) is 0 Å². The summed E-state index contributed by atoms with van der Waals surface area (Å²) < 4.78 is 0.846. The van der Waals surface area contributed by atoms with E-state index < -0.39 is 0 Å². The Morgan fingerprint density at radius 3 is 2.54 bits per heavy atom. The maximum atomic E-state index is 12.0. The molecule has 0 atom stereocenters. The highest BCUT2D eigenvalue weighted by Gasteiger charge is 2.06. The number of amides is 1. The molecule has 24 heavy (non-hydrogen) atoms. The fraction of sp³-hybridized carbons (Fsp3) is 0.222. The van der Waals surface area contributed by atoms with Crippen molar-refractivity contribution in [2.75, 3.05) is 5.32 Å². The highest BCUT2D eigenvalue weighted by molar-refractivity contribution is 9.10. The van der Waals surface area contributed by atoms with E-state index in [1.165, 1.54) is 18.4 Å². The number of hydrogen-bond acceptors (Lipinski definition) is 2. The number of hydrogen-bond donors (Lipinski definition) is 3. The summed E-state index contributed by atoms with van der Waals surface area (Å²) in [4.78, 5) is 12.0. The van der Waals surface area contributed by atoms with Gasteiger partial charge >= 0.3 is 0 Å². The Hall–Kier alpha value is -1.92. The zero-order valence-corrected chi connectivity index (χ0v) is 15.8. The average Bonchev–Trinajstić information content (AvgIpc) is 2.59. The first-order valence-electron chi connectivity index (χ1n) is 7.80. The van der Waals surface area contributed by atoms with Crippen molar-refractivity contribution in [2.24, 2.45) is 0 Å². The van der Waals surface area contributed by atoms with Crippen LogP contribution in [0.4, 0.5) is 5.69 Å². The van der Waals surface area contributed by atoms with Crippen LogP contribution in [-0.2, 0) is 6.42 Å². The predicted octanol–water partition coefficient (Wildman–Crippen LogP) is 4.42. The summed E-state index contributed by atoms with van der Waals surface area (Å²) in [5.41, 5.74) is 8.01. The van der Waals surface area contributed by atoms with Crippen molar-refractivity contribution in [3.05, 3.63) is 64.1 Å². The Morgan fingerprint density at radius 2 is 1.88 bits per heavy atom. The number of rotatable bonds is 5. The lowest BCUT2D eigenvalue weighted by Crippen LogP contribution is -2.43. The molecule has 0 fully saturated rings. The second-order valence-electron chi connectivity index (χ2n) is 5.34. The average molecular weight is 406 g/mol. The van der Waals surface area contributed by atoms with Gasteiger partial charge in [-0.3, -0.25) is 15.6 Å². The number of halogens is 1. The minimum absolute atomic E-state index is 0.254. The summed E-state index contributed by atoms with van der Waals surface area (Å²) in [6.45, 7) is 2.18. The minimum atomic E-state index is -0.254. The van der Waals surface area contributed by atoms with Crippen LogP contribution in [-0.4, -0.2) is 11.0 Å². The zero-order chi connectivity index (χ0) is 17.4. The third kappa shape index (κ3) is 5.94. The van der Waals surface area contributed by atoms with Crippen LogP contribution < -0.4 is 16.2 Å². The summed E-state index contributed by atoms with van der Waals surface area (Å²) in [5, 5.41) is 3.37.